The summed E-state index contributed by atoms with van der Waals surface area (Å²) in [6.07, 6.45) is -3.83. The lowest BCUT2D eigenvalue weighted by atomic mass is 10.3. The van der Waals surface area contributed by atoms with Gasteiger partial charge in [-0.25, -0.2) is 0 Å². The average molecular weight is 460 g/mol. The first-order chi connectivity index (χ1) is 10.8. The van der Waals surface area contributed by atoms with Crippen LogP contribution in [0.3, 0.4) is 0 Å². The van der Waals surface area contributed by atoms with Crippen LogP contribution < -0.4 is 21.1 Å². The Morgan fingerprint density at radius 3 is 2.62 bits per heavy atom. The number of nitrogens with two attached hydrogens (primary N) is 1. The topological polar surface area (TPSA) is 88.7 Å². The number of hydrogen-bond acceptors (Lipinski definition) is 3. The van der Waals surface area contributed by atoms with E-state index in [1.165, 1.54) is 18.2 Å². The summed E-state index contributed by atoms with van der Waals surface area (Å²) >= 11 is 0. The van der Waals surface area contributed by atoms with Crippen LogP contribution in [0.4, 0.5) is 18.9 Å². The fourth-order valence-electron chi connectivity index (χ4n) is 1.59. The molecule has 0 aromatic heterocycles. The van der Waals surface area contributed by atoms with E-state index in [-0.39, 0.29) is 54.5 Å². The van der Waals surface area contributed by atoms with Gasteiger partial charge in [0, 0.05) is 13.0 Å². The van der Waals surface area contributed by atoms with Crippen molar-refractivity contribution in [3.63, 3.8) is 0 Å². The highest BCUT2D eigenvalue weighted by atomic mass is 127. The van der Waals surface area contributed by atoms with E-state index in [0.29, 0.717) is 6.54 Å². The van der Waals surface area contributed by atoms with E-state index >= 15 is 0 Å². The number of rotatable bonds is 7. The van der Waals surface area contributed by atoms with Crippen molar-refractivity contribution in [3.05, 3.63) is 24.3 Å². The van der Waals surface area contributed by atoms with Gasteiger partial charge < -0.3 is 21.1 Å². The lowest BCUT2D eigenvalue weighted by Crippen LogP contribution is -2.27. The van der Waals surface area contributed by atoms with Crippen molar-refractivity contribution < 1.29 is 22.7 Å². The van der Waals surface area contributed by atoms with E-state index in [2.05, 4.69) is 20.4 Å². The smallest absolute Gasteiger partial charge is 0.404 e. The van der Waals surface area contributed by atoms with Crippen molar-refractivity contribution in [2.45, 2.75) is 26.1 Å². The zero-order valence-electron chi connectivity index (χ0n) is 13.0. The van der Waals surface area contributed by atoms with Crippen LogP contribution in [0.2, 0.25) is 0 Å². The Morgan fingerprint density at radius 1 is 1.33 bits per heavy atom. The number of nitrogens with zero attached hydrogens (tertiary/aromatic N) is 1. The van der Waals surface area contributed by atoms with Gasteiger partial charge in [0.2, 0.25) is 5.91 Å². The first-order valence-electron chi connectivity index (χ1n) is 7.00. The number of hydrogen-bond donors (Lipinski definition) is 3. The number of carbonyl (C=O) groups is 1. The van der Waals surface area contributed by atoms with Gasteiger partial charge in [0.1, 0.15) is 0 Å². The van der Waals surface area contributed by atoms with Gasteiger partial charge in [0.05, 0.1) is 12.2 Å². The molecule has 1 aromatic carbocycles. The predicted molar refractivity (Wildman–Crippen MR) is 96.6 cm³/mol. The van der Waals surface area contributed by atoms with Crippen molar-refractivity contribution in [1.82, 2.24) is 5.32 Å². The fraction of sp³-hybridized carbons (Fsp3) is 0.429. The highest BCUT2D eigenvalue weighted by Crippen LogP contribution is 2.29. The fourth-order valence-corrected chi connectivity index (χ4v) is 1.59. The largest absolute Gasteiger partial charge is 0.573 e. The quantitative estimate of drug-likeness (QED) is 0.332. The molecule has 1 amide bonds. The third kappa shape index (κ3) is 9.43. The molecule has 136 valence electrons. The SMILES string of the molecule is CCCNC(=O)CCN=C(N)Nc1ccccc1OC(F)(F)F.I. The maximum Gasteiger partial charge on any atom is 0.573 e. The van der Waals surface area contributed by atoms with Crippen molar-refractivity contribution in [1.29, 1.82) is 0 Å². The molecule has 0 atom stereocenters. The second-order valence-corrected chi connectivity index (χ2v) is 4.54. The van der Waals surface area contributed by atoms with Crippen LogP contribution in [0, 0.1) is 0 Å². The number of benzene rings is 1. The van der Waals surface area contributed by atoms with Gasteiger partial charge in [-0.15, -0.1) is 37.1 Å². The summed E-state index contributed by atoms with van der Waals surface area (Å²) in [6, 6.07) is 5.45. The first-order valence-corrected chi connectivity index (χ1v) is 7.00. The molecule has 6 nitrogen and oxygen atoms in total. The molecule has 0 radical (unpaired) electrons. The maximum atomic E-state index is 12.3. The molecular formula is C14H20F3IN4O2. The first kappa shape index (κ1) is 22.3. The van der Waals surface area contributed by atoms with E-state index in [1.807, 2.05) is 6.92 Å². The van der Waals surface area contributed by atoms with E-state index in [0.717, 1.165) is 12.5 Å². The minimum Gasteiger partial charge on any atom is -0.404 e. The number of anilines is 1. The zero-order valence-corrected chi connectivity index (χ0v) is 15.4. The highest BCUT2D eigenvalue weighted by molar-refractivity contribution is 14.0. The summed E-state index contributed by atoms with van der Waals surface area (Å²) in [5, 5.41) is 5.20. The lowest BCUT2D eigenvalue weighted by Gasteiger charge is -2.14. The van der Waals surface area contributed by atoms with E-state index < -0.39 is 12.1 Å². The van der Waals surface area contributed by atoms with Crippen molar-refractivity contribution in [2.75, 3.05) is 18.4 Å². The number of ether oxygens (including phenoxy) is 1. The van der Waals surface area contributed by atoms with Crippen molar-refractivity contribution in [3.8, 4) is 5.75 Å². The van der Waals surface area contributed by atoms with Crippen LogP contribution in [0.15, 0.2) is 29.3 Å². The second-order valence-electron chi connectivity index (χ2n) is 4.54. The molecule has 1 rings (SSSR count). The number of para-hydroxylation sites is 2. The lowest BCUT2D eigenvalue weighted by molar-refractivity contribution is -0.274. The van der Waals surface area contributed by atoms with Gasteiger partial charge in [-0.05, 0) is 18.6 Å². The van der Waals surface area contributed by atoms with Crippen LogP contribution in [-0.4, -0.2) is 31.3 Å². The minimum absolute atomic E-state index is 0. The molecule has 0 aliphatic heterocycles. The Labute approximate surface area is 155 Å². The molecule has 0 bridgehead atoms. The Balaban J connectivity index is 0.00000529. The second kappa shape index (κ2) is 10.9. The average Bonchev–Trinajstić information content (AvgIpc) is 2.45. The van der Waals surface area contributed by atoms with Crippen LogP contribution in [0.1, 0.15) is 19.8 Å². The summed E-state index contributed by atoms with van der Waals surface area (Å²) in [5.41, 5.74) is 5.62. The normalized spacial score (nSPS) is 11.4. The minimum atomic E-state index is -4.80. The van der Waals surface area contributed by atoms with Crippen LogP contribution in [0.5, 0.6) is 5.75 Å². The molecule has 0 aliphatic rings. The number of guanidine groups is 1. The van der Waals surface area contributed by atoms with Gasteiger partial charge in [-0.3, -0.25) is 9.79 Å². The molecule has 0 aliphatic carbocycles. The molecule has 0 heterocycles. The van der Waals surface area contributed by atoms with Gasteiger partial charge in [-0.1, -0.05) is 19.1 Å². The Morgan fingerprint density at radius 2 is 2.00 bits per heavy atom. The van der Waals surface area contributed by atoms with E-state index in [4.69, 9.17) is 5.73 Å². The van der Waals surface area contributed by atoms with Crippen molar-refractivity contribution >= 4 is 41.5 Å². The van der Waals surface area contributed by atoms with E-state index in [9.17, 15) is 18.0 Å². The molecule has 0 fully saturated rings. The molecule has 1 aromatic rings. The zero-order chi connectivity index (χ0) is 17.3. The van der Waals surface area contributed by atoms with Crippen LogP contribution in [0.25, 0.3) is 0 Å². The number of aliphatic imine (C=N–C) groups is 1. The van der Waals surface area contributed by atoms with Gasteiger partial charge in [0.25, 0.3) is 0 Å². The number of nitrogens with one attached hydrogen (secondary N) is 2. The molecule has 4 N–H and O–H groups in total. The van der Waals surface area contributed by atoms with Gasteiger partial charge in [0.15, 0.2) is 11.7 Å². The number of alkyl halides is 3. The summed E-state index contributed by atoms with van der Waals surface area (Å²) in [5.74, 6) is -0.686. The maximum absolute atomic E-state index is 12.3. The predicted octanol–water partition coefficient (Wildman–Crippen LogP) is 2.85. The number of halogens is 4. The summed E-state index contributed by atoms with van der Waals surface area (Å²) in [7, 11) is 0. The third-order valence-electron chi connectivity index (χ3n) is 2.57. The Kier molecular flexibility index (Phi) is 10.2. The van der Waals surface area contributed by atoms with Gasteiger partial charge in [-0.2, -0.15) is 0 Å². The molecule has 10 heteroatoms. The summed E-state index contributed by atoms with van der Waals surface area (Å²) < 4.78 is 40.8. The standard InChI is InChI=1S/C14H19F3N4O2.HI/c1-2-8-19-12(22)7-9-20-13(18)21-10-5-3-4-6-11(10)23-14(15,16)17;/h3-6H,2,7-9H2,1H3,(H,19,22)(H3,18,20,21);1H. The van der Waals surface area contributed by atoms with E-state index in [1.54, 1.807) is 0 Å². The van der Waals surface area contributed by atoms with Crippen LogP contribution >= 0.6 is 24.0 Å². The Bertz CT molecular complexity index is 553. The van der Waals surface area contributed by atoms with Crippen molar-refractivity contribution in [2.24, 2.45) is 10.7 Å². The highest BCUT2D eigenvalue weighted by Gasteiger charge is 2.32. The molecule has 0 unspecified atom stereocenters. The number of amides is 1. The van der Waals surface area contributed by atoms with Crippen LogP contribution in [-0.2, 0) is 4.79 Å². The molecule has 24 heavy (non-hydrogen) atoms. The van der Waals surface area contributed by atoms with Gasteiger partial charge >= 0.3 is 6.36 Å². The summed E-state index contributed by atoms with van der Waals surface area (Å²) in [6.45, 7) is 2.63. The molecular weight excluding hydrogens is 440 g/mol. The summed E-state index contributed by atoms with van der Waals surface area (Å²) in [4.78, 5) is 15.3. The number of carbonyl (C=O) groups excluding carboxylic acids is 1. The molecule has 0 saturated carbocycles. The third-order valence-corrected chi connectivity index (χ3v) is 2.57. The molecule has 0 saturated heterocycles. The Hall–Kier alpha value is -1.72. The molecule has 0 spiro atoms. The monoisotopic (exact) mass is 460 g/mol.